The first-order valence-electron chi connectivity index (χ1n) is 4.85. The van der Waals surface area contributed by atoms with Gasteiger partial charge in [-0.3, -0.25) is 4.79 Å². The second-order valence-electron chi connectivity index (χ2n) is 3.36. The largest absolute Gasteiger partial charge is 0.481 e. The topological polar surface area (TPSA) is 69.6 Å². The Morgan fingerprint density at radius 3 is 2.88 bits per heavy atom. The lowest BCUT2D eigenvalue weighted by molar-refractivity contribution is -0.137. The molecule has 0 aliphatic rings. The number of carbonyl (C=O) groups excluding carboxylic acids is 1. The van der Waals surface area contributed by atoms with Gasteiger partial charge >= 0.3 is 12.0 Å². The fourth-order valence-electron chi connectivity index (χ4n) is 1.12. The molecule has 0 aliphatic heterocycles. The highest BCUT2D eigenvalue weighted by molar-refractivity contribution is 7.08. The maximum atomic E-state index is 11.6. The van der Waals surface area contributed by atoms with E-state index in [-0.39, 0.29) is 12.5 Å². The molecule has 0 saturated heterocycles. The Morgan fingerprint density at radius 1 is 1.56 bits per heavy atom. The van der Waals surface area contributed by atoms with E-state index < -0.39 is 5.97 Å². The van der Waals surface area contributed by atoms with Crippen LogP contribution in [-0.2, 0) is 4.79 Å². The summed E-state index contributed by atoms with van der Waals surface area (Å²) < 4.78 is 0. The van der Waals surface area contributed by atoms with E-state index in [1.165, 1.54) is 16.2 Å². The van der Waals surface area contributed by atoms with E-state index >= 15 is 0 Å². The van der Waals surface area contributed by atoms with Crippen LogP contribution in [0, 0.1) is 0 Å². The predicted octanol–water partition coefficient (Wildman–Crippen LogP) is 2.08. The van der Waals surface area contributed by atoms with E-state index in [0.717, 1.165) is 5.69 Å². The first-order chi connectivity index (χ1) is 7.59. The minimum absolute atomic E-state index is 0.0794. The molecule has 0 radical (unpaired) electrons. The zero-order chi connectivity index (χ0) is 12.0. The van der Waals surface area contributed by atoms with Crippen LogP contribution in [0.3, 0.4) is 0 Å². The van der Waals surface area contributed by atoms with Crippen LogP contribution in [0.25, 0.3) is 0 Å². The third-order valence-corrected chi connectivity index (χ3v) is 2.69. The Kier molecular flexibility index (Phi) is 4.78. The van der Waals surface area contributed by atoms with Gasteiger partial charge in [0.2, 0.25) is 0 Å². The minimum atomic E-state index is -0.841. The Balaban J connectivity index is 2.28. The van der Waals surface area contributed by atoms with Gasteiger partial charge in [0.25, 0.3) is 0 Å². The van der Waals surface area contributed by atoms with E-state index in [1.54, 1.807) is 7.05 Å². The van der Waals surface area contributed by atoms with E-state index in [1.807, 2.05) is 16.8 Å². The quantitative estimate of drug-likeness (QED) is 0.830. The molecular weight excluding hydrogens is 228 g/mol. The molecule has 1 aromatic heterocycles. The molecule has 2 amide bonds. The molecule has 5 nitrogen and oxygen atoms in total. The van der Waals surface area contributed by atoms with Gasteiger partial charge in [-0.15, -0.1) is 0 Å². The summed E-state index contributed by atoms with van der Waals surface area (Å²) in [7, 11) is 1.64. The lowest BCUT2D eigenvalue weighted by atomic mass is 10.3. The summed E-state index contributed by atoms with van der Waals surface area (Å²) in [5, 5.41) is 14.9. The molecule has 0 saturated carbocycles. The molecule has 88 valence electrons. The number of hydrogen-bond donors (Lipinski definition) is 2. The van der Waals surface area contributed by atoms with Crippen molar-refractivity contribution in [1.82, 2.24) is 4.90 Å². The molecule has 0 spiro atoms. The average Bonchev–Trinajstić information content (AvgIpc) is 2.69. The smallest absolute Gasteiger partial charge is 0.321 e. The van der Waals surface area contributed by atoms with Crippen molar-refractivity contribution in [3.05, 3.63) is 16.8 Å². The molecule has 1 heterocycles. The van der Waals surface area contributed by atoms with E-state index in [4.69, 9.17) is 5.11 Å². The van der Waals surface area contributed by atoms with Crippen LogP contribution in [0.15, 0.2) is 16.8 Å². The normalized spacial score (nSPS) is 9.81. The second-order valence-corrected chi connectivity index (χ2v) is 4.14. The maximum absolute atomic E-state index is 11.6. The molecule has 6 heteroatoms. The Labute approximate surface area is 97.7 Å². The van der Waals surface area contributed by atoms with Gasteiger partial charge in [-0.25, -0.2) is 4.79 Å². The first kappa shape index (κ1) is 12.5. The molecule has 0 bridgehead atoms. The van der Waals surface area contributed by atoms with Crippen molar-refractivity contribution in [2.24, 2.45) is 0 Å². The monoisotopic (exact) mass is 242 g/mol. The van der Waals surface area contributed by atoms with Gasteiger partial charge in [0.15, 0.2) is 0 Å². The zero-order valence-electron chi connectivity index (χ0n) is 8.97. The molecule has 0 atom stereocenters. The fraction of sp³-hybridized carbons (Fsp3) is 0.400. The Bertz CT molecular complexity index is 351. The summed E-state index contributed by atoms with van der Waals surface area (Å²) in [5.74, 6) is -0.841. The highest BCUT2D eigenvalue weighted by atomic mass is 32.1. The van der Waals surface area contributed by atoms with Gasteiger partial charge < -0.3 is 15.3 Å². The van der Waals surface area contributed by atoms with Gasteiger partial charge in [0, 0.05) is 25.4 Å². The summed E-state index contributed by atoms with van der Waals surface area (Å²) in [6.07, 6.45) is 0.541. The van der Waals surface area contributed by atoms with E-state index in [2.05, 4.69) is 5.32 Å². The number of rotatable bonds is 5. The highest BCUT2D eigenvalue weighted by Gasteiger charge is 2.09. The van der Waals surface area contributed by atoms with Gasteiger partial charge in [-0.05, 0) is 17.9 Å². The van der Waals surface area contributed by atoms with Crippen LogP contribution in [0.4, 0.5) is 10.5 Å². The molecule has 0 unspecified atom stereocenters. The molecule has 2 N–H and O–H groups in total. The summed E-state index contributed by atoms with van der Waals surface area (Å²) in [5.41, 5.74) is 0.764. The third kappa shape index (κ3) is 4.31. The van der Waals surface area contributed by atoms with Crippen molar-refractivity contribution in [2.45, 2.75) is 12.8 Å². The van der Waals surface area contributed by atoms with Gasteiger partial charge in [-0.1, -0.05) is 0 Å². The lowest BCUT2D eigenvalue weighted by Gasteiger charge is -2.16. The molecule has 0 fully saturated rings. The minimum Gasteiger partial charge on any atom is -0.481 e. The van der Waals surface area contributed by atoms with Gasteiger partial charge in [0.1, 0.15) is 0 Å². The number of nitrogens with zero attached hydrogens (tertiary/aromatic N) is 1. The van der Waals surface area contributed by atoms with Crippen molar-refractivity contribution in [3.8, 4) is 0 Å². The van der Waals surface area contributed by atoms with Crippen LogP contribution >= 0.6 is 11.3 Å². The van der Waals surface area contributed by atoms with Crippen molar-refractivity contribution in [3.63, 3.8) is 0 Å². The first-order valence-corrected chi connectivity index (χ1v) is 5.80. The number of thiophene rings is 1. The Hall–Kier alpha value is -1.56. The van der Waals surface area contributed by atoms with Crippen LogP contribution in [0.2, 0.25) is 0 Å². The number of hydrogen-bond acceptors (Lipinski definition) is 3. The van der Waals surface area contributed by atoms with Crippen molar-refractivity contribution < 1.29 is 14.7 Å². The maximum Gasteiger partial charge on any atom is 0.321 e. The fourth-order valence-corrected chi connectivity index (χ4v) is 1.71. The van der Waals surface area contributed by atoms with Crippen LogP contribution in [0.5, 0.6) is 0 Å². The number of anilines is 1. The van der Waals surface area contributed by atoms with E-state index in [9.17, 15) is 9.59 Å². The summed E-state index contributed by atoms with van der Waals surface area (Å²) in [6, 6.07) is 1.59. The number of amides is 2. The predicted molar refractivity (Wildman–Crippen MR) is 62.8 cm³/mol. The number of carbonyl (C=O) groups is 2. The number of carboxylic acid groups (broad SMARTS) is 1. The highest BCUT2D eigenvalue weighted by Crippen LogP contribution is 2.12. The average molecular weight is 242 g/mol. The molecule has 1 aromatic rings. The van der Waals surface area contributed by atoms with Gasteiger partial charge in [0.05, 0.1) is 5.69 Å². The van der Waals surface area contributed by atoms with Crippen LogP contribution in [0.1, 0.15) is 12.8 Å². The third-order valence-electron chi connectivity index (χ3n) is 2.00. The van der Waals surface area contributed by atoms with Gasteiger partial charge in [-0.2, -0.15) is 11.3 Å². The molecule has 0 aliphatic carbocycles. The lowest BCUT2D eigenvalue weighted by Crippen LogP contribution is -2.32. The van der Waals surface area contributed by atoms with Crippen LogP contribution < -0.4 is 5.32 Å². The number of aliphatic carboxylic acids is 1. The zero-order valence-corrected chi connectivity index (χ0v) is 9.79. The van der Waals surface area contributed by atoms with Crippen LogP contribution in [-0.4, -0.2) is 35.6 Å². The SMILES string of the molecule is CN(CCCC(=O)O)C(=O)Nc1ccsc1. The molecular formula is C10H14N2O3S. The molecule has 1 rings (SSSR count). The van der Waals surface area contributed by atoms with Crippen molar-refractivity contribution >= 4 is 29.0 Å². The summed E-state index contributed by atoms with van der Waals surface area (Å²) in [4.78, 5) is 23.3. The number of nitrogens with one attached hydrogen (secondary N) is 1. The molecule has 0 aromatic carbocycles. The summed E-state index contributed by atoms with van der Waals surface area (Å²) in [6.45, 7) is 0.433. The number of carboxylic acids is 1. The number of urea groups is 1. The standard InChI is InChI=1S/C10H14N2O3S/c1-12(5-2-3-9(13)14)10(15)11-8-4-6-16-7-8/h4,6-7H,2-3,5H2,1H3,(H,11,15)(H,13,14). The second kappa shape index (κ2) is 6.12. The van der Waals surface area contributed by atoms with Crippen molar-refractivity contribution in [1.29, 1.82) is 0 Å². The van der Waals surface area contributed by atoms with E-state index in [0.29, 0.717) is 13.0 Å². The van der Waals surface area contributed by atoms with Crippen molar-refractivity contribution in [2.75, 3.05) is 18.9 Å². The summed E-state index contributed by atoms with van der Waals surface area (Å²) >= 11 is 1.50. The molecule has 16 heavy (non-hydrogen) atoms. The Morgan fingerprint density at radius 2 is 2.31 bits per heavy atom.